The lowest BCUT2D eigenvalue weighted by atomic mass is 10.2. The van der Waals surface area contributed by atoms with Gasteiger partial charge in [0.2, 0.25) is 0 Å². The third-order valence-corrected chi connectivity index (χ3v) is 2.53. The molecule has 0 bridgehead atoms. The summed E-state index contributed by atoms with van der Waals surface area (Å²) < 4.78 is 0. The highest BCUT2D eigenvalue weighted by molar-refractivity contribution is 7.13. The van der Waals surface area contributed by atoms with Crippen LogP contribution >= 0.6 is 11.3 Å². The minimum Gasteiger partial charge on any atom is -0.374 e. The van der Waals surface area contributed by atoms with Gasteiger partial charge < -0.3 is 4.84 Å². The summed E-state index contributed by atoms with van der Waals surface area (Å²) in [5.74, 6) is 0. The van der Waals surface area contributed by atoms with Crippen LogP contribution in [0, 0.1) is 0 Å². The Balaban J connectivity index is 1.80. The number of nitrogens with zero attached hydrogens (tertiary/aromatic N) is 2. The predicted octanol–water partition coefficient (Wildman–Crippen LogP) is 3.96. The summed E-state index contributed by atoms with van der Waals surface area (Å²) in [7, 11) is 0. The van der Waals surface area contributed by atoms with Gasteiger partial charge in [0.15, 0.2) is 0 Å². The first-order valence-electron chi connectivity index (χ1n) is 4.55. The van der Waals surface area contributed by atoms with E-state index < -0.39 is 0 Å². The Morgan fingerprint density at radius 1 is 1.07 bits per heavy atom. The summed E-state index contributed by atoms with van der Waals surface area (Å²) in [6, 6.07) is 13.7. The molecule has 0 aliphatic heterocycles. The average molecular weight is 218 g/mol. The molecule has 0 atom stereocenters. The molecule has 0 spiro atoms. The predicted molar refractivity (Wildman–Crippen MR) is 60.1 cm³/mol. The maximum atomic E-state index is 5.06. The number of rotatable bonds is 4. The van der Waals surface area contributed by atoms with Crippen LogP contribution in [0.4, 0.5) is 5.00 Å². The monoisotopic (exact) mass is 218 g/mol. The first-order chi connectivity index (χ1) is 7.45. The molecule has 0 aliphatic rings. The van der Waals surface area contributed by atoms with E-state index in [4.69, 9.17) is 4.84 Å². The summed E-state index contributed by atoms with van der Waals surface area (Å²) in [5, 5.41) is 10.3. The third-order valence-electron chi connectivity index (χ3n) is 1.78. The van der Waals surface area contributed by atoms with Crippen LogP contribution in [0.3, 0.4) is 0 Å². The molecule has 0 saturated heterocycles. The Hall–Kier alpha value is -1.68. The van der Waals surface area contributed by atoms with Crippen molar-refractivity contribution >= 4 is 16.3 Å². The molecule has 4 heteroatoms. The molecule has 1 heterocycles. The highest BCUT2D eigenvalue weighted by atomic mass is 32.1. The van der Waals surface area contributed by atoms with Gasteiger partial charge in [-0.1, -0.05) is 30.3 Å². The lowest BCUT2D eigenvalue weighted by Gasteiger charge is -1.96. The zero-order chi connectivity index (χ0) is 10.3. The highest BCUT2D eigenvalue weighted by Crippen LogP contribution is 2.19. The topological polar surface area (TPSA) is 34.0 Å². The summed E-state index contributed by atoms with van der Waals surface area (Å²) in [4.78, 5) is 5.06. The fraction of sp³-hybridized carbons (Fsp3) is 0.0909. The number of benzene rings is 1. The van der Waals surface area contributed by atoms with Gasteiger partial charge >= 0.3 is 0 Å². The Morgan fingerprint density at radius 3 is 2.67 bits per heavy atom. The number of thiophene rings is 1. The molecule has 15 heavy (non-hydrogen) atoms. The van der Waals surface area contributed by atoms with E-state index in [9.17, 15) is 0 Å². The Labute approximate surface area is 92.0 Å². The molecular weight excluding hydrogens is 208 g/mol. The second-order valence-corrected chi connectivity index (χ2v) is 3.82. The molecule has 0 amide bonds. The summed E-state index contributed by atoms with van der Waals surface area (Å²) >= 11 is 1.53. The molecular formula is C11H10N2OS. The van der Waals surface area contributed by atoms with Gasteiger partial charge in [-0.2, -0.15) is 0 Å². The quantitative estimate of drug-likeness (QED) is 0.564. The largest absolute Gasteiger partial charge is 0.374 e. The summed E-state index contributed by atoms with van der Waals surface area (Å²) in [6.07, 6.45) is 0. The van der Waals surface area contributed by atoms with Crippen molar-refractivity contribution in [2.45, 2.75) is 6.61 Å². The van der Waals surface area contributed by atoms with Gasteiger partial charge in [-0.25, -0.2) is 0 Å². The second kappa shape index (κ2) is 5.26. The van der Waals surface area contributed by atoms with Crippen molar-refractivity contribution in [2.24, 2.45) is 10.4 Å². The van der Waals surface area contributed by atoms with Crippen LogP contribution in [-0.4, -0.2) is 0 Å². The lowest BCUT2D eigenvalue weighted by Crippen LogP contribution is -1.84. The first-order valence-corrected chi connectivity index (χ1v) is 5.43. The van der Waals surface area contributed by atoms with Crippen LogP contribution in [0.1, 0.15) is 5.56 Å². The van der Waals surface area contributed by atoms with Crippen molar-refractivity contribution < 1.29 is 4.84 Å². The zero-order valence-electron chi connectivity index (χ0n) is 8.04. The van der Waals surface area contributed by atoms with E-state index in [0.29, 0.717) is 6.61 Å². The van der Waals surface area contributed by atoms with E-state index in [1.807, 2.05) is 47.8 Å². The van der Waals surface area contributed by atoms with Crippen molar-refractivity contribution in [1.82, 2.24) is 0 Å². The molecule has 76 valence electrons. The van der Waals surface area contributed by atoms with Crippen molar-refractivity contribution in [3.05, 3.63) is 53.4 Å². The van der Waals surface area contributed by atoms with Crippen molar-refractivity contribution in [3.63, 3.8) is 0 Å². The summed E-state index contributed by atoms with van der Waals surface area (Å²) in [5.41, 5.74) is 1.09. The van der Waals surface area contributed by atoms with Gasteiger partial charge in [-0.05, 0) is 23.1 Å². The molecule has 0 N–H and O–H groups in total. The highest BCUT2D eigenvalue weighted by Gasteiger charge is 1.90. The van der Waals surface area contributed by atoms with E-state index >= 15 is 0 Å². The minimum atomic E-state index is 0.454. The molecule has 1 aromatic carbocycles. The summed E-state index contributed by atoms with van der Waals surface area (Å²) in [6.45, 7) is 0.454. The Kier molecular flexibility index (Phi) is 3.46. The SMILES string of the molecule is c1ccc(CON=Nc2cccs2)cc1. The van der Waals surface area contributed by atoms with E-state index in [1.54, 1.807) is 0 Å². The van der Waals surface area contributed by atoms with Crippen LogP contribution < -0.4 is 0 Å². The second-order valence-electron chi connectivity index (χ2n) is 2.89. The van der Waals surface area contributed by atoms with E-state index in [-0.39, 0.29) is 0 Å². The maximum absolute atomic E-state index is 5.06. The molecule has 0 aliphatic carbocycles. The average Bonchev–Trinajstić information content (AvgIpc) is 2.79. The standard InChI is InChI=1S/C11H10N2OS/c1-2-5-10(6-3-1)9-14-13-12-11-7-4-8-15-11/h1-8H,9H2. The van der Waals surface area contributed by atoms with Gasteiger partial charge in [-0.3, -0.25) is 0 Å². The van der Waals surface area contributed by atoms with Crippen LogP contribution in [0.5, 0.6) is 0 Å². The molecule has 3 nitrogen and oxygen atoms in total. The normalized spacial score (nSPS) is 10.7. The van der Waals surface area contributed by atoms with Gasteiger partial charge in [0.05, 0.1) is 0 Å². The van der Waals surface area contributed by atoms with Crippen molar-refractivity contribution in [3.8, 4) is 0 Å². The van der Waals surface area contributed by atoms with Gasteiger partial charge in [0.1, 0.15) is 11.6 Å². The number of hydrogen-bond acceptors (Lipinski definition) is 4. The van der Waals surface area contributed by atoms with E-state index in [0.717, 1.165) is 10.6 Å². The Bertz CT molecular complexity index is 411. The van der Waals surface area contributed by atoms with E-state index in [2.05, 4.69) is 10.4 Å². The molecule has 2 aromatic rings. The fourth-order valence-corrected chi connectivity index (χ4v) is 1.61. The Morgan fingerprint density at radius 2 is 1.93 bits per heavy atom. The molecule has 2 rings (SSSR count). The third kappa shape index (κ3) is 3.18. The molecule has 0 fully saturated rings. The van der Waals surface area contributed by atoms with Crippen LogP contribution in [0.15, 0.2) is 58.2 Å². The smallest absolute Gasteiger partial charge is 0.144 e. The zero-order valence-corrected chi connectivity index (χ0v) is 8.85. The van der Waals surface area contributed by atoms with Crippen LogP contribution in [0.25, 0.3) is 0 Å². The van der Waals surface area contributed by atoms with Gasteiger partial charge in [0, 0.05) is 5.28 Å². The van der Waals surface area contributed by atoms with Gasteiger partial charge in [-0.15, -0.1) is 16.5 Å². The first kappa shape index (κ1) is 9.86. The molecule has 1 aromatic heterocycles. The van der Waals surface area contributed by atoms with Crippen molar-refractivity contribution in [2.75, 3.05) is 0 Å². The molecule has 0 unspecified atom stereocenters. The van der Waals surface area contributed by atoms with Crippen LogP contribution in [0.2, 0.25) is 0 Å². The van der Waals surface area contributed by atoms with Gasteiger partial charge in [0.25, 0.3) is 0 Å². The number of hydrogen-bond donors (Lipinski definition) is 0. The van der Waals surface area contributed by atoms with E-state index in [1.165, 1.54) is 11.3 Å². The maximum Gasteiger partial charge on any atom is 0.144 e. The molecule has 0 radical (unpaired) electrons. The molecule has 0 saturated carbocycles. The fourth-order valence-electron chi connectivity index (χ4n) is 1.07. The lowest BCUT2D eigenvalue weighted by molar-refractivity contribution is 0.112. The minimum absolute atomic E-state index is 0.454. The van der Waals surface area contributed by atoms with Crippen molar-refractivity contribution in [1.29, 1.82) is 0 Å². The van der Waals surface area contributed by atoms with Crippen LogP contribution in [-0.2, 0) is 11.4 Å².